The van der Waals surface area contributed by atoms with Crippen LogP contribution in [0.3, 0.4) is 0 Å². The van der Waals surface area contributed by atoms with E-state index in [1.54, 1.807) is 7.11 Å². The average Bonchev–Trinajstić information content (AvgIpc) is 2.94. The van der Waals surface area contributed by atoms with Crippen LogP contribution in [0.2, 0.25) is 0 Å². The van der Waals surface area contributed by atoms with Crippen molar-refractivity contribution < 1.29 is 19.0 Å². The van der Waals surface area contributed by atoms with E-state index < -0.39 is 0 Å². The van der Waals surface area contributed by atoms with Gasteiger partial charge in [-0.1, -0.05) is 0 Å². The Balaban J connectivity index is 1.73. The highest BCUT2D eigenvalue weighted by atomic mass is 16.5. The van der Waals surface area contributed by atoms with Crippen molar-refractivity contribution in [1.82, 2.24) is 4.90 Å². The van der Waals surface area contributed by atoms with Gasteiger partial charge in [0.1, 0.15) is 5.75 Å². The quantitative estimate of drug-likeness (QED) is 0.831. The minimum absolute atomic E-state index is 0.0996. The van der Waals surface area contributed by atoms with Gasteiger partial charge in [-0.3, -0.25) is 4.79 Å². The Hall–Kier alpha value is -1.59. The summed E-state index contributed by atoms with van der Waals surface area (Å²) in [7, 11) is 1.74. The molecule has 1 aromatic carbocycles. The van der Waals surface area contributed by atoms with Gasteiger partial charge in [0.15, 0.2) is 0 Å². The Labute approximate surface area is 143 Å². The largest absolute Gasteiger partial charge is 0.494 e. The van der Waals surface area contributed by atoms with Crippen LogP contribution in [-0.4, -0.2) is 57.4 Å². The van der Waals surface area contributed by atoms with Crippen molar-refractivity contribution in [2.45, 2.75) is 19.8 Å². The molecule has 1 spiro atoms. The third kappa shape index (κ3) is 3.42. The van der Waals surface area contributed by atoms with Crippen molar-refractivity contribution in [3.05, 3.63) is 29.8 Å². The van der Waals surface area contributed by atoms with Crippen LogP contribution in [0.4, 0.5) is 0 Å². The number of ether oxygens (including phenoxy) is 3. The summed E-state index contributed by atoms with van der Waals surface area (Å²) in [6, 6.07) is 7.44. The number of carbonyl (C=O) groups is 1. The van der Waals surface area contributed by atoms with E-state index in [9.17, 15) is 4.79 Å². The van der Waals surface area contributed by atoms with Gasteiger partial charge in [-0.25, -0.2) is 0 Å². The highest BCUT2D eigenvalue weighted by Gasteiger charge is 2.48. The zero-order chi connectivity index (χ0) is 17.0. The molecule has 2 aliphatic rings. The minimum atomic E-state index is 0.0996. The molecule has 0 bridgehead atoms. The predicted molar refractivity (Wildman–Crippen MR) is 91.4 cm³/mol. The third-order valence-corrected chi connectivity index (χ3v) is 5.37. The lowest BCUT2D eigenvalue weighted by Gasteiger charge is -2.37. The second-order valence-corrected chi connectivity index (χ2v) is 6.77. The van der Waals surface area contributed by atoms with E-state index in [-0.39, 0.29) is 11.3 Å². The lowest BCUT2D eigenvalue weighted by Crippen LogP contribution is -2.39. The maximum atomic E-state index is 12.9. The highest BCUT2D eigenvalue weighted by Crippen LogP contribution is 2.44. The molecule has 5 heteroatoms. The summed E-state index contributed by atoms with van der Waals surface area (Å²) in [5.74, 6) is 1.29. The topological polar surface area (TPSA) is 48.0 Å². The second kappa shape index (κ2) is 7.53. The Morgan fingerprint density at radius 2 is 2.00 bits per heavy atom. The lowest BCUT2D eigenvalue weighted by atomic mass is 9.72. The van der Waals surface area contributed by atoms with Crippen molar-refractivity contribution in [3.63, 3.8) is 0 Å². The molecule has 0 N–H and O–H groups in total. The Bertz CT molecular complexity index is 551. The summed E-state index contributed by atoms with van der Waals surface area (Å²) in [5.41, 5.74) is 0.869. The molecule has 1 amide bonds. The van der Waals surface area contributed by atoms with Gasteiger partial charge in [0, 0.05) is 44.9 Å². The number of hydrogen-bond acceptors (Lipinski definition) is 4. The van der Waals surface area contributed by atoms with E-state index in [1.165, 1.54) is 0 Å². The molecule has 1 atom stereocenters. The zero-order valence-corrected chi connectivity index (χ0v) is 14.6. The van der Waals surface area contributed by atoms with Crippen LogP contribution < -0.4 is 4.74 Å². The third-order valence-electron chi connectivity index (χ3n) is 5.37. The van der Waals surface area contributed by atoms with Crippen molar-refractivity contribution >= 4 is 5.91 Å². The van der Waals surface area contributed by atoms with E-state index in [0.717, 1.165) is 50.5 Å². The standard InChI is InChI=1S/C19H27NO4/c1-3-24-17-6-4-15(5-7-17)18(21)20-12-16(13-22-2)19(14-20)8-10-23-11-9-19/h4-7,16H,3,8-14H2,1-2H3/t16-/m1/s1. The first-order valence-electron chi connectivity index (χ1n) is 8.77. The van der Waals surface area contributed by atoms with Gasteiger partial charge >= 0.3 is 0 Å². The molecule has 2 heterocycles. The molecule has 0 saturated carbocycles. The molecule has 2 aliphatic heterocycles. The van der Waals surface area contributed by atoms with E-state index in [2.05, 4.69) is 0 Å². The zero-order valence-electron chi connectivity index (χ0n) is 14.6. The molecule has 2 fully saturated rings. The fourth-order valence-electron chi connectivity index (χ4n) is 4.01. The summed E-state index contributed by atoms with van der Waals surface area (Å²) in [6.07, 6.45) is 2.02. The molecule has 132 valence electrons. The van der Waals surface area contributed by atoms with Crippen LogP contribution >= 0.6 is 0 Å². The number of amides is 1. The van der Waals surface area contributed by atoms with E-state index >= 15 is 0 Å². The summed E-state index contributed by atoms with van der Waals surface area (Å²) >= 11 is 0. The number of likely N-dealkylation sites (tertiary alicyclic amines) is 1. The summed E-state index contributed by atoms with van der Waals surface area (Å²) in [4.78, 5) is 14.9. The maximum Gasteiger partial charge on any atom is 0.253 e. The molecule has 0 aromatic heterocycles. The van der Waals surface area contributed by atoms with Crippen molar-refractivity contribution in [2.75, 3.05) is 46.6 Å². The number of hydrogen-bond donors (Lipinski definition) is 0. The fraction of sp³-hybridized carbons (Fsp3) is 0.632. The molecule has 0 radical (unpaired) electrons. The van der Waals surface area contributed by atoms with Gasteiger partial charge in [0.25, 0.3) is 5.91 Å². The van der Waals surface area contributed by atoms with Crippen molar-refractivity contribution in [1.29, 1.82) is 0 Å². The molecular formula is C19H27NO4. The van der Waals surface area contributed by atoms with Crippen molar-refractivity contribution in [3.8, 4) is 5.75 Å². The van der Waals surface area contributed by atoms with Gasteiger partial charge in [-0.2, -0.15) is 0 Å². The van der Waals surface area contributed by atoms with Gasteiger partial charge in [0.05, 0.1) is 13.2 Å². The molecule has 0 aliphatic carbocycles. The lowest BCUT2D eigenvalue weighted by molar-refractivity contribution is -0.0169. The number of nitrogens with zero attached hydrogens (tertiary/aromatic N) is 1. The highest BCUT2D eigenvalue weighted by molar-refractivity contribution is 5.94. The first kappa shape index (κ1) is 17.2. The molecular weight excluding hydrogens is 306 g/mol. The minimum Gasteiger partial charge on any atom is -0.494 e. The van der Waals surface area contributed by atoms with Crippen LogP contribution in [0.25, 0.3) is 0 Å². The number of rotatable bonds is 5. The van der Waals surface area contributed by atoms with Gasteiger partial charge in [-0.15, -0.1) is 0 Å². The first-order valence-corrected chi connectivity index (χ1v) is 8.77. The van der Waals surface area contributed by atoms with Crippen molar-refractivity contribution in [2.24, 2.45) is 11.3 Å². The molecule has 2 saturated heterocycles. The molecule has 3 rings (SSSR count). The normalized spacial score (nSPS) is 22.8. The van der Waals surface area contributed by atoms with Crippen LogP contribution in [-0.2, 0) is 9.47 Å². The van der Waals surface area contributed by atoms with Crippen LogP contribution in [0.1, 0.15) is 30.1 Å². The van der Waals surface area contributed by atoms with E-state index in [1.807, 2.05) is 36.1 Å². The van der Waals surface area contributed by atoms with Crippen LogP contribution in [0.5, 0.6) is 5.75 Å². The van der Waals surface area contributed by atoms with Crippen LogP contribution in [0, 0.1) is 11.3 Å². The molecule has 5 nitrogen and oxygen atoms in total. The van der Waals surface area contributed by atoms with Gasteiger partial charge in [0.2, 0.25) is 0 Å². The Morgan fingerprint density at radius 1 is 1.29 bits per heavy atom. The molecule has 1 aromatic rings. The number of benzene rings is 1. The first-order chi connectivity index (χ1) is 11.7. The number of carbonyl (C=O) groups excluding carboxylic acids is 1. The van der Waals surface area contributed by atoms with Crippen LogP contribution in [0.15, 0.2) is 24.3 Å². The van der Waals surface area contributed by atoms with E-state index in [4.69, 9.17) is 14.2 Å². The van der Waals surface area contributed by atoms with Gasteiger partial charge < -0.3 is 19.1 Å². The fourth-order valence-corrected chi connectivity index (χ4v) is 4.01. The Morgan fingerprint density at radius 3 is 2.62 bits per heavy atom. The molecule has 24 heavy (non-hydrogen) atoms. The molecule has 0 unspecified atom stereocenters. The van der Waals surface area contributed by atoms with Gasteiger partial charge in [-0.05, 0) is 49.4 Å². The monoisotopic (exact) mass is 333 g/mol. The smallest absolute Gasteiger partial charge is 0.253 e. The summed E-state index contributed by atoms with van der Waals surface area (Å²) < 4.78 is 16.4. The summed E-state index contributed by atoms with van der Waals surface area (Å²) in [6.45, 7) is 6.41. The maximum absolute atomic E-state index is 12.9. The number of methoxy groups -OCH3 is 1. The SMILES string of the molecule is CCOc1ccc(C(=O)N2C[C@H](COC)C3(CCOCC3)C2)cc1. The van der Waals surface area contributed by atoms with E-state index in [0.29, 0.717) is 19.1 Å². The predicted octanol–water partition coefficient (Wildman–Crippen LogP) is 2.60. The average molecular weight is 333 g/mol. The summed E-state index contributed by atoms with van der Waals surface area (Å²) in [5, 5.41) is 0. The second-order valence-electron chi connectivity index (χ2n) is 6.77. The Kier molecular flexibility index (Phi) is 5.41.